The molecule has 0 spiro atoms. The number of imidazole rings is 1. The molecule has 4 rings (SSSR count). The van der Waals surface area contributed by atoms with Crippen molar-refractivity contribution in [2.45, 2.75) is 18.9 Å². The molecule has 25 heavy (non-hydrogen) atoms. The number of aryl methyl sites for hydroxylation is 1. The molecule has 1 fully saturated rings. The monoisotopic (exact) mass is 334 g/mol. The first-order chi connectivity index (χ1) is 12.2. The van der Waals surface area contributed by atoms with Gasteiger partial charge in [0.25, 0.3) is 0 Å². The maximum atomic E-state index is 9.69. The molecule has 1 saturated heterocycles. The van der Waals surface area contributed by atoms with Gasteiger partial charge in [-0.15, -0.1) is 0 Å². The summed E-state index contributed by atoms with van der Waals surface area (Å²) >= 11 is 0. The zero-order valence-electron chi connectivity index (χ0n) is 14.3. The van der Waals surface area contributed by atoms with Gasteiger partial charge in [-0.2, -0.15) is 0 Å². The minimum atomic E-state index is 0.270. The highest BCUT2D eigenvalue weighted by Crippen LogP contribution is 2.30. The first-order valence-corrected chi connectivity index (χ1v) is 8.63. The van der Waals surface area contributed by atoms with E-state index in [1.807, 2.05) is 37.8 Å². The van der Waals surface area contributed by atoms with Crippen molar-refractivity contribution in [2.24, 2.45) is 7.05 Å². The fraction of sp³-hybridized carbons (Fsp3) is 0.300. The van der Waals surface area contributed by atoms with Gasteiger partial charge in [0.05, 0.1) is 12.2 Å². The van der Waals surface area contributed by atoms with Crippen LogP contribution in [0.15, 0.2) is 55.0 Å². The van der Waals surface area contributed by atoms with Gasteiger partial charge in [-0.05, 0) is 48.7 Å². The van der Waals surface area contributed by atoms with Crippen molar-refractivity contribution in [3.05, 3.63) is 66.4 Å². The Bertz CT molecular complexity index is 873. The second-order valence-electron chi connectivity index (χ2n) is 6.70. The van der Waals surface area contributed by atoms with E-state index in [9.17, 15) is 5.11 Å². The number of likely N-dealkylation sites (tertiary alicyclic amines) is 1. The molecule has 2 aromatic heterocycles. The van der Waals surface area contributed by atoms with Crippen LogP contribution in [0.1, 0.15) is 23.7 Å². The Morgan fingerprint density at radius 2 is 2.08 bits per heavy atom. The molecule has 1 N–H and O–H groups in total. The van der Waals surface area contributed by atoms with E-state index in [-0.39, 0.29) is 5.75 Å². The second-order valence-corrected chi connectivity index (χ2v) is 6.70. The Balaban J connectivity index is 1.49. The minimum absolute atomic E-state index is 0.270. The number of hydrogen-bond acceptors (Lipinski definition) is 4. The van der Waals surface area contributed by atoms with E-state index in [1.54, 1.807) is 12.1 Å². The van der Waals surface area contributed by atoms with E-state index in [1.165, 1.54) is 5.56 Å². The molecular weight excluding hydrogens is 312 g/mol. The van der Waals surface area contributed by atoms with Gasteiger partial charge in [-0.25, -0.2) is 4.98 Å². The lowest BCUT2D eigenvalue weighted by molar-refractivity contribution is 0.314. The van der Waals surface area contributed by atoms with Crippen LogP contribution >= 0.6 is 0 Å². The van der Waals surface area contributed by atoms with E-state index < -0.39 is 0 Å². The molecule has 0 bridgehead atoms. The number of hydrogen-bond donors (Lipinski definition) is 1. The molecule has 1 atom stereocenters. The van der Waals surface area contributed by atoms with Crippen molar-refractivity contribution in [3.8, 4) is 17.0 Å². The Hall–Kier alpha value is -2.66. The molecule has 1 aliphatic rings. The SMILES string of the molecule is Cn1ccnc1CN1CC[C@@H](c2ccnc(-c3cccc(O)c3)c2)C1. The average Bonchev–Trinajstić information content (AvgIpc) is 3.25. The summed E-state index contributed by atoms with van der Waals surface area (Å²) in [7, 11) is 2.04. The average molecular weight is 334 g/mol. The lowest BCUT2D eigenvalue weighted by Gasteiger charge is -2.16. The molecule has 3 aromatic rings. The van der Waals surface area contributed by atoms with E-state index in [2.05, 4.69) is 31.6 Å². The summed E-state index contributed by atoms with van der Waals surface area (Å²) in [6.07, 6.45) is 6.87. The standard InChI is InChI=1S/C20H22N4O/c1-23-10-8-22-20(23)14-24-9-6-17(13-24)15-5-7-21-19(12-15)16-3-2-4-18(25)11-16/h2-5,7-8,10-12,17,25H,6,9,13-14H2,1H3/t17-/m1/s1. The van der Waals surface area contributed by atoms with Crippen LogP contribution in [-0.4, -0.2) is 37.6 Å². The number of rotatable bonds is 4. The Kier molecular flexibility index (Phi) is 4.24. The number of nitrogens with zero attached hydrogens (tertiary/aromatic N) is 4. The number of phenols is 1. The molecule has 3 heterocycles. The van der Waals surface area contributed by atoms with Crippen LogP contribution in [0.5, 0.6) is 5.75 Å². The lowest BCUT2D eigenvalue weighted by atomic mass is 9.97. The summed E-state index contributed by atoms with van der Waals surface area (Å²) in [6, 6.07) is 11.5. The van der Waals surface area contributed by atoms with Crippen molar-refractivity contribution in [1.29, 1.82) is 0 Å². The van der Waals surface area contributed by atoms with Gasteiger partial charge in [0.2, 0.25) is 0 Å². The van der Waals surface area contributed by atoms with Gasteiger partial charge in [-0.3, -0.25) is 9.88 Å². The van der Waals surface area contributed by atoms with Gasteiger partial charge < -0.3 is 9.67 Å². The maximum absolute atomic E-state index is 9.69. The summed E-state index contributed by atoms with van der Waals surface area (Å²) in [5.41, 5.74) is 3.18. The van der Waals surface area contributed by atoms with Crippen molar-refractivity contribution in [1.82, 2.24) is 19.4 Å². The molecule has 1 aromatic carbocycles. The smallest absolute Gasteiger partial charge is 0.122 e. The fourth-order valence-electron chi connectivity index (χ4n) is 3.52. The third kappa shape index (κ3) is 3.42. The van der Waals surface area contributed by atoms with Crippen LogP contribution < -0.4 is 0 Å². The topological polar surface area (TPSA) is 54.2 Å². The number of phenolic OH excluding ortho intramolecular Hbond substituents is 1. The molecule has 0 aliphatic carbocycles. The Morgan fingerprint density at radius 1 is 1.16 bits per heavy atom. The van der Waals surface area contributed by atoms with Gasteiger partial charge in [0, 0.05) is 37.7 Å². The molecule has 5 heteroatoms. The van der Waals surface area contributed by atoms with Crippen molar-refractivity contribution in [3.63, 3.8) is 0 Å². The van der Waals surface area contributed by atoms with Crippen LogP contribution in [0.3, 0.4) is 0 Å². The third-order valence-electron chi connectivity index (χ3n) is 4.96. The molecule has 0 amide bonds. The van der Waals surface area contributed by atoms with Crippen molar-refractivity contribution < 1.29 is 5.11 Å². The largest absolute Gasteiger partial charge is 0.508 e. The number of aromatic hydroxyl groups is 1. The summed E-state index contributed by atoms with van der Waals surface area (Å²) in [5.74, 6) is 1.89. The van der Waals surface area contributed by atoms with Crippen LogP contribution in [0.4, 0.5) is 0 Å². The minimum Gasteiger partial charge on any atom is -0.508 e. The predicted octanol–water partition coefficient (Wildman–Crippen LogP) is 3.18. The normalized spacial score (nSPS) is 17.9. The highest BCUT2D eigenvalue weighted by Gasteiger charge is 2.25. The van der Waals surface area contributed by atoms with Crippen molar-refractivity contribution >= 4 is 0 Å². The number of aromatic nitrogens is 3. The lowest BCUT2D eigenvalue weighted by Crippen LogP contribution is -2.21. The van der Waals surface area contributed by atoms with Crippen LogP contribution in [0.2, 0.25) is 0 Å². The Labute approximate surface area is 147 Å². The molecule has 1 aliphatic heterocycles. The van der Waals surface area contributed by atoms with E-state index in [4.69, 9.17) is 0 Å². The second kappa shape index (κ2) is 6.69. The zero-order chi connectivity index (χ0) is 17.2. The van der Waals surface area contributed by atoms with Crippen LogP contribution in [-0.2, 0) is 13.6 Å². The number of benzene rings is 1. The number of pyridine rings is 1. The molecule has 0 unspecified atom stereocenters. The highest BCUT2D eigenvalue weighted by molar-refractivity contribution is 5.61. The molecular formula is C20H22N4O. The third-order valence-corrected chi connectivity index (χ3v) is 4.96. The Morgan fingerprint density at radius 3 is 2.88 bits per heavy atom. The van der Waals surface area contributed by atoms with Gasteiger partial charge in [0.1, 0.15) is 11.6 Å². The zero-order valence-corrected chi connectivity index (χ0v) is 14.3. The fourth-order valence-corrected chi connectivity index (χ4v) is 3.52. The van der Waals surface area contributed by atoms with Crippen LogP contribution in [0.25, 0.3) is 11.3 Å². The molecule has 0 radical (unpaired) electrons. The van der Waals surface area contributed by atoms with Crippen molar-refractivity contribution in [2.75, 3.05) is 13.1 Å². The van der Waals surface area contributed by atoms with E-state index >= 15 is 0 Å². The maximum Gasteiger partial charge on any atom is 0.122 e. The quantitative estimate of drug-likeness (QED) is 0.796. The van der Waals surface area contributed by atoms with Gasteiger partial charge >= 0.3 is 0 Å². The van der Waals surface area contributed by atoms with Gasteiger partial charge in [0.15, 0.2) is 0 Å². The predicted molar refractivity (Wildman–Crippen MR) is 97.2 cm³/mol. The molecule has 128 valence electrons. The first kappa shape index (κ1) is 15.8. The molecule has 0 saturated carbocycles. The molecule has 5 nitrogen and oxygen atoms in total. The van der Waals surface area contributed by atoms with E-state index in [0.29, 0.717) is 5.92 Å². The first-order valence-electron chi connectivity index (χ1n) is 8.63. The summed E-state index contributed by atoms with van der Waals surface area (Å²) in [6.45, 7) is 3.02. The summed E-state index contributed by atoms with van der Waals surface area (Å²) < 4.78 is 2.08. The van der Waals surface area contributed by atoms with Crippen LogP contribution in [0, 0.1) is 0 Å². The van der Waals surface area contributed by atoms with E-state index in [0.717, 1.165) is 43.1 Å². The van der Waals surface area contributed by atoms with Gasteiger partial charge in [-0.1, -0.05) is 12.1 Å². The highest BCUT2D eigenvalue weighted by atomic mass is 16.3. The summed E-state index contributed by atoms with van der Waals surface area (Å²) in [4.78, 5) is 11.4. The summed E-state index contributed by atoms with van der Waals surface area (Å²) in [5, 5.41) is 9.69.